The van der Waals surface area contributed by atoms with Crippen molar-refractivity contribution in [1.29, 1.82) is 0 Å². The van der Waals surface area contributed by atoms with Crippen LogP contribution >= 0.6 is 0 Å². The van der Waals surface area contributed by atoms with Gasteiger partial charge in [0.25, 0.3) is 0 Å². The minimum Gasteiger partial charge on any atom is -0.507 e. The number of para-hydroxylation sites is 2. The molecule has 0 atom stereocenters. The fraction of sp³-hybridized carbons (Fsp3) is 0.111. The highest BCUT2D eigenvalue weighted by atomic mass is 16.3. The first-order valence-electron chi connectivity index (χ1n) is 14.2. The molecule has 43 heavy (non-hydrogen) atoms. The normalized spacial score (nSPS) is 13.8. The third-order valence-corrected chi connectivity index (χ3v) is 8.03. The minimum absolute atomic E-state index is 0.0339. The molecular weight excluding hydrogens is 540 g/mol. The average Bonchev–Trinajstić information content (AvgIpc) is 3.03. The molecule has 212 valence electrons. The summed E-state index contributed by atoms with van der Waals surface area (Å²) in [6.45, 7) is 2.17. The molecule has 7 nitrogen and oxygen atoms in total. The van der Waals surface area contributed by atoms with Crippen molar-refractivity contribution in [3.8, 4) is 28.5 Å². The number of fused-ring (bicyclic) bond motifs is 2. The molecule has 0 saturated heterocycles. The van der Waals surface area contributed by atoms with E-state index >= 15 is 0 Å². The number of benzene rings is 4. The Bertz CT molecular complexity index is 2150. The van der Waals surface area contributed by atoms with Gasteiger partial charge in [0.1, 0.15) is 22.6 Å². The second-order valence-electron chi connectivity index (χ2n) is 10.8. The maximum atomic E-state index is 13.8. The number of aromatic hydroxyl groups is 2. The number of aromatic nitrogens is 1. The maximum Gasteiger partial charge on any atom is 0.200 e. The lowest BCUT2D eigenvalue weighted by molar-refractivity contribution is 0.293. The van der Waals surface area contributed by atoms with Crippen LogP contribution in [0, 0.1) is 0 Å². The molecule has 6 aromatic rings. The van der Waals surface area contributed by atoms with E-state index in [9.17, 15) is 19.8 Å². The molecule has 0 fully saturated rings. The van der Waals surface area contributed by atoms with E-state index in [4.69, 9.17) is 4.42 Å². The Hall–Kier alpha value is -5.40. The summed E-state index contributed by atoms with van der Waals surface area (Å²) in [5.74, 6) is -0.501. The van der Waals surface area contributed by atoms with Crippen molar-refractivity contribution in [2.24, 2.45) is 0 Å². The SMILES string of the molecule is O=c1c(-c2cc(=O)c3c(O)cc(O)c(C4=CCN(Cc5ccccc5)CC4)c3o2)cn(-c2ccccc2)c2ccccc12. The molecule has 3 heterocycles. The molecule has 0 amide bonds. The zero-order valence-electron chi connectivity index (χ0n) is 23.2. The Labute approximate surface area is 246 Å². The lowest BCUT2D eigenvalue weighted by Gasteiger charge is -2.27. The molecular formula is C36H28N2O5. The molecule has 2 N–H and O–H groups in total. The van der Waals surface area contributed by atoms with Gasteiger partial charge in [0.15, 0.2) is 16.4 Å². The molecule has 0 saturated carbocycles. The predicted octanol–water partition coefficient (Wildman–Crippen LogP) is 6.46. The summed E-state index contributed by atoms with van der Waals surface area (Å²) < 4.78 is 8.22. The zero-order valence-corrected chi connectivity index (χ0v) is 23.2. The van der Waals surface area contributed by atoms with Crippen LogP contribution in [0.3, 0.4) is 0 Å². The van der Waals surface area contributed by atoms with Gasteiger partial charge in [0, 0.05) is 49.0 Å². The molecule has 1 aliphatic heterocycles. The van der Waals surface area contributed by atoms with Gasteiger partial charge in [-0.3, -0.25) is 14.5 Å². The fourth-order valence-corrected chi connectivity index (χ4v) is 5.92. The van der Waals surface area contributed by atoms with Crippen LogP contribution in [0.5, 0.6) is 11.5 Å². The number of phenols is 2. The van der Waals surface area contributed by atoms with Crippen molar-refractivity contribution >= 4 is 27.4 Å². The van der Waals surface area contributed by atoms with E-state index in [0.717, 1.165) is 24.4 Å². The molecule has 0 spiro atoms. The fourth-order valence-electron chi connectivity index (χ4n) is 5.92. The third kappa shape index (κ3) is 4.79. The van der Waals surface area contributed by atoms with Gasteiger partial charge in [0.05, 0.1) is 16.6 Å². The highest BCUT2D eigenvalue weighted by molar-refractivity contribution is 5.97. The highest BCUT2D eigenvalue weighted by Gasteiger charge is 2.24. The van der Waals surface area contributed by atoms with E-state index in [2.05, 4.69) is 17.0 Å². The van der Waals surface area contributed by atoms with E-state index in [0.29, 0.717) is 29.4 Å². The van der Waals surface area contributed by atoms with Crippen LogP contribution in [0.2, 0.25) is 0 Å². The summed E-state index contributed by atoms with van der Waals surface area (Å²) in [6, 6.07) is 29.5. The lowest BCUT2D eigenvalue weighted by Crippen LogP contribution is -2.28. The zero-order chi connectivity index (χ0) is 29.5. The van der Waals surface area contributed by atoms with E-state index in [1.165, 1.54) is 17.7 Å². The molecule has 1 aliphatic rings. The molecule has 2 aromatic heterocycles. The first-order valence-corrected chi connectivity index (χ1v) is 14.2. The van der Waals surface area contributed by atoms with Crippen LogP contribution in [0.4, 0.5) is 0 Å². The molecule has 7 rings (SSSR count). The molecule has 0 radical (unpaired) electrons. The Kier molecular flexibility index (Phi) is 6.64. The van der Waals surface area contributed by atoms with Crippen molar-refractivity contribution in [3.63, 3.8) is 0 Å². The van der Waals surface area contributed by atoms with Gasteiger partial charge in [-0.2, -0.15) is 0 Å². The Morgan fingerprint density at radius 2 is 1.53 bits per heavy atom. The van der Waals surface area contributed by atoms with Gasteiger partial charge in [0.2, 0.25) is 0 Å². The van der Waals surface area contributed by atoms with E-state index in [1.807, 2.05) is 71.3 Å². The second kappa shape index (κ2) is 10.8. The molecule has 0 aliphatic carbocycles. The topological polar surface area (TPSA) is 95.9 Å². The smallest absolute Gasteiger partial charge is 0.200 e. The first kappa shape index (κ1) is 26.5. The van der Waals surface area contributed by atoms with E-state index in [-0.39, 0.29) is 39.2 Å². The monoisotopic (exact) mass is 568 g/mol. The second-order valence-corrected chi connectivity index (χ2v) is 10.8. The van der Waals surface area contributed by atoms with Crippen molar-refractivity contribution in [2.75, 3.05) is 13.1 Å². The van der Waals surface area contributed by atoms with Crippen LogP contribution < -0.4 is 10.9 Å². The molecule has 0 unspecified atom stereocenters. The molecule has 0 bridgehead atoms. The van der Waals surface area contributed by atoms with Crippen molar-refractivity contribution in [1.82, 2.24) is 9.47 Å². The third-order valence-electron chi connectivity index (χ3n) is 8.03. The minimum atomic E-state index is -0.504. The van der Waals surface area contributed by atoms with Crippen molar-refractivity contribution in [3.05, 3.63) is 141 Å². The summed E-state index contributed by atoms with van der Waals surface area (Å²) in [5.41, 5.74) is 3.40. The van der Waals surface area contributed by atoms with Gasteiger partial charge in [-0.1, -0.05) is 66.7 Å². The standard InChI is InChI=1S/C36H28N2O5/c39-29-19-30(40)34-31(41)20-32(27-22-38(25-11-5-2-6-12-25)28-14-8-7-13-26(28)35(27)42)43-36(34)33(29)24-15-17-37(18-16-24)21-23-9-3-1-4-10-23/h1-15,19-20,22,39-40H,16-18,21H2. The number of hydrogen-bond donors (Lipinski definition) is 2. The Morgan fingerprint density at radius 1 is 0.814 bits per heavy atom. The summed E-state index contributed by atoms with van der Waals surface area (Å²) >= 11 is 0. The van der Waals surface area contributed by atoms with Crippen LogP contribution in [-0.4, -0.2) is 32.8 Å². The highest BCUT2D eigenvalue weighted by Crippen LogP contribution is 2.40. The van der Waals surface area contributed by atoms with Crippen LogP contribution in [0.25, 0.3) is 44.5 Å². The lowest BCUT2D eigenvalue weighted by atomic mass is 9.95. The number of rotatable bonds is 5. The van der Waals surface area contributed by atoms with E-state index < -0.39 is 5.43 Å². The first-order chi connectivity index (χ1) is 21.0. The van der Waals surface area contributed by atoms with Gasteiger partial charge in [-0.15, -0.1) is 0 Å². The van der Waals surface area contributed by atoms with Gasteiger partial charge < -0.3 is 19.2 Å². The van der Waals surface area contributed by atoms with Crippen LogP contribution in [-0.2, 0) is 6.54 Å². The van der Waals surface area contributed by atoms with Gasteiger partial charge in [-0.25, -0.2) is 0 Å². The number of pyridine rings is 1. The largest absolute Gasteiger partial charge is 0.507 e. The summed E-state index contributed by atoms with van der Waals surface area (Å²) in [5, 5.41) is 22.2. The Morgan fingerprint density at radius 3 is 2.28 bits per heavy atom. The quantitative estimate of drug-likeness (QED) is 0.248. The van der Waals surface area contributed by atoms with Crippen LogP contribution in [0.15, 0.2) is 123 Å². The van der Waals surface area contributed by atoms with Crippen molar-refractivity contribution in [2.45, 2.75) is 13.0 Å². The van der Waals surface area contributed by atoms with Crippen LogP contribution in [0.1, 0.15) is 17.5 Å². The average molecular weight is 569 g/mol. The van der Waals surface area contributed by atoms with Gasteiger partial charge in [-0.05, 0) is 41.8 Å². The van der Waals surface area contributed by atoms with Crippen molar-refractivity contribution < 1.29 is 14.6 Å². The molecule has 4 aromatic carbocycles. The van der Waals surface area contributed by atoms with E-state index in [1.54, 1.807) is 18.3 Å². The van der Waals surface area contributed by atoms with Gasteiger partial charge >= 0.3 is 0 Å². The summed E-state index contributed by atoms with van der Waals surface area (Å²) in [6.07, 6.45) is 4.29. The Balaban J connectivity index is 1.38. The number of phenolic OH excluding ortho intramolecular Hbond substituents is 2. The molecule has 7 heteroatoms. The number of hydrogen-bond acceptors (Lipinski definition) is 6. The maximum absolute atomic E-state index is 13.8. The summed E-state index contributed by atoms with van der Waals surface area (Å²) in [4.78, 5) is 29.6. The predicted molar refractivity (Wildman–Crippen MR) is 169 cm³/mol. The number of nitrogens with zero attached hydrogens (tertiary/aromatic N) is 2. The summed E-state index contributed by atoms with van der Waals surface area (Å²) in [7, 11) is 0.